The van der Waals surface area contributed by atoms with Gasteiger partial charge in [-0.3, -0.25) is 0 Å². The van der Waals surface area contributed by atoms with Gasteiger partial charge in [-0.1, -0.05) is 0 Å². The summed E-state index contributed by atoms with van der Waals surface area (Å²) >= 11 is 0. The Kier molecular flexibility index (Phi) is 4.84. The van der Waals surface area contributed by atoms with Gasteiger partial charge in [0.25, 0.3) is 0 Å². The van der Waals surface area contributed by atoms with Gasteiger partial charge in [-0.15, -0.1) is 0 Å². The van der Waals surface area contributed by atoms with Crippen LogP contribution >= 0.6 is 0 Å². The molecule has 0 unspecified atom stereocenters. The minimum Gasteiger partial charge on any atom is -0.211 e. The Morgan fingerprint density at radius 1 is 0.857 bits per heavy atom. The van der Waals surface area contributed by atoms with Crippen LogP contribution < -0.4 is 0 Å². The van der Waals surface area contributed by atoms with Crippen LogP contribution in [0.25, 0.3) is 0 Å². The summed E-state index contributed by atoms with van der Waals surface area (Å²) in [6.45, 7) is 1.21. The van der Waals surface area contributed by atoms with Gasteiger partial charge in [0.2, 0.25) is 12.2 Å². The van der Waals surface area contributed by atoms with Crippen molar-refractivity contribution in [1.29, 1.82) is 0 Å². The number of nitrogens with zero attached hydrogens (tertiary/aromatic N) is 2. The molecule has 0 amide bonds. The summed E-state index contributed by atoms with van der Waals surface area (Å²) in [5.74, 6) is 1.04. The van der Waals surface area contributed by atoms with Crippen LogP contribution in [-0.2, 0) is 9.59 Å². The standard InChI is InChI=1S/C10H14N2O2/c13-7-11-5-9-1-2-10(4-3-9)6-12-8-14/h9-10H,1-6H2/t9-,10-. The Morgan fingerprint density at radius 2 is 1.21 bits per heavy atom. The maximum atomic E-state index is 9.90. The molecular formula is C10H14N2O2. The van der Waals surface area contributed by atoms with Crippen LogP contribution in [0.4, 0.5) is 0 Å². The third-order valence-corrected chi connectivity index (χ3v) is 2.79. The van der Waals surface area contributed by atoms with Crippen molar-refractivity contribution in [3.05, 3.63) is 0 Å². The zero-order valence-electron chi connectivity index (χ0n) is 8.11. The van der Waals surface area contributed by atoms with E-state index in [2.05, 4.69) is 9.98 Å². The number of hydrogen-bond acceptors (Lipinski definition) is 4. The highest BCUT2D eigenvalue weighted by Gasteiger charge is 2.20. The summed E-state index contributed by atoms with van der Waals surface area (Å²) in [7, 11) is 0. The van der Waals surface area contributed by atoms with E-state index in [-0.39, 0.29) is 0 Å². The van der Waals surface area contributed by atoms with Gasteiger partial charge < -0.3 is 0 Å². The highest BCUT2D eigenvalue weighted by atomic mass is 16.1. The maximum Gasteiger partial charge on any atom is 0.234 e. The average molecular weight is 194 g/mol. The SMILES string of the molecule is O=C=NC[C@H]1CC[C@H](CN=C=O)CC1. The van der Waals surface area contributed by atoms with Crippen LogP contribution in [-0.4, -0.2) is 25.2 Å². The Balaban J connectivity index is 2.23. The molecule has 0 aromatic carbocycles. The summed E-state index contributed by atoms with van der Waals surface area (Å²) in [4.78, 5) is 27.0. The van der Waals surface area contributed by atoms with Crippen LogP contribution in [0.2, 0.25) is 0 Å². The van der Waals surface area contributed by atoms with Crippen LogP contribution in [0.1, 0.15) is 25.7 Å². The van der Waals surface area contributed by atoms with Crippen molar-refractivity contribution in [2.24, 2.45) is 21.8 Å². The van der Waals surface area contributed by atoms with E-state index < -0.39 is 0 Å². The first kappa shape index (κ1) is 10.8. The predicted molar refractivity (Wildman–Crippen MR) is 51.4 cm³/mol. The van der Waals surface area contributed by atoms with Crippen LogP contribution in [0.3, 0.4) is 0 Å². The lowest BCUT2D eigenvalue weighted by molar-refractivity contribution is 0.285. The molecule has 0 N–H and O–H groups in total. The molecular weight excluding hydrogens is 180 g/mol. The van der Waals surface area contributed by atoms with Crippen molar-refractivity contribution in [2.75, 3.05) is 13.1 Å². The monoisotopic (exact) mass is 194 g/mol. The maximum absolute atomic E-state index is 9.90. The fraction of sp³-hybridized carbons (Fsp3) is 0.800. The number of carbonyl (C=O) groups excluding carboxylic acids is 2. The van der Waals surface area contributed by atoms with E-state index in [0.29, 0.717) is 24.9 Å². The van der Waals surface area contributed by atoms with E-state index in [1.165, 1.54) is 0 Å². The minimum atomic E-state index is 0.521. The molecule has 0 spiro atoms. The minimum absolute atomic E-state index is 0.521. The van der Waals surface area contributed by atoms with Gasteiger partial charge in [0.15, 0.2) is 0 Å². The second-order valence-electron chi connectivity index (χ2n) is 3.75. The number of rotatable bonds is 4. The molecule has 0 heterocycles. The van der Waals surface area contributed by atoms with E-state index in [0.717, 1.165) is 25.7 Å². The number of aliphatic imine (C=N–C) groups is 2. The van der Waals surface area contributed by atoms with Crippen molar-refractivity contribution in [1.82, 2.24) is 0 Å². The molecule has 1 saturated carbocycles. The zero-order chi connectivity index (χ0) is 10.2. The quantitative estimate of drug-likeness (QED) is 0.502. The Bertz CT molecular complexity index is 229. The molecule has 4 nitrogen and oxygen atoms in total. The fourth-order valence-electron chi connectivity index (χ4n) is 1.93. The van der Waals surface area contributed by atoms with Gasteiger partial charge >= 0.3 is 0 Å². The van der Waals surface area contributed by atoms with Crippen molar-refractivity contribution < 1.29 is 9.59 Å². The predicted octanol–water partition coefficient (Wildman–Crippen LogP) is 1.46. The molecule has 0 bridgehead atoms. The molecule has 14 heavy (non-hydrogen) atoms. The zero-order valence-corrected chi connectivity index (χ0v) is 8.11. The van der Waals surface area contributed by atoms with E-state index >= 15 is 0 Å². The lowest BCUT2D eigenvalue weighted by Crippen LogP contribution is -2.18. The first-order valence-electron chi connectivity index (χ1n) is 4.94. The molecule has 0 atom stereocenters. The van der Waals surface area contributed by atoms with Gasteiger partial charge in [0.1, 0.15) is 0 Å². The summed E-state index contributed by atoms with van der Waals surface area (Å²) in [5.41, 5.74) is 0. The highest BCUT2D eigenvalue weighted by Crippen LogP contribution is 2.28. The second kappa shape index (κ2) is 6.25. The molecule has 1 rings (SSSR count). The second-order valence-corrected chi connectivity index (χ2v) is 3.75. The van der Waals surface area contributed by atoms with Crippen molar-refractivity contribution in [3.63, 3.8) is 0 Å². The first-order valence-corrected chi connectivity index (χ1v) is 4.94. The van der Waals surface area contributed by atoms with E-state index in [4.69, 9.17) is 0 Å². The normalized spacial score (nSPS) is 26.0. The molecule has 4 heteroatoms. The van der Waals surface area contributed by atoms with Crippen LogP contribution in [0.5, 0.6) is 0 Å². The van der Waals surface area contributed by atoms with Gasteiger partial charge in [-0.05, 0) is 37.5 Å². The summed E-state index contributed by atoms with van der Waals surface area (Å²) < 4.78 is 0. The molecule has 0 saturated heterocycles. The third kappa shape index (κ3) is 3.65. The van der Waals surface area contributed by atoms with Crippen molar-refractivity contribution in [2.45, 2.75) is 25.7 Å². The summed E-state index contributed by atoms with van der Waals surface area (Å²) in [6, 6.07) is 0. The third-order valence-electron chi connectivity index (χ3n) is 2.79. The van der Waals surface area contributed by atoms with Gasteiger partial charge in [0, 0.05) is 0 Å². The molecule has 0 aromatic rings. The van der Waals surface area contributed by atoms with Crippen LogP contribution in [0.15, 0.2) is 9.98 Å². The highest BCUT2D eigenvalue weighted by molar-refractivity contribution is 5.33. The van der Waals surface area contributed by atoms with E-state index in [1.54, 1.807) is 12.2 Å². The van der Waals surface area contributed by atoms with Gasteiger partial charge in [0.05, 0.1) is 13.1 Å². The Labute approximate surface area is 83.1 Å². The topological polar surface area (TPSA) is 58.9 Å². The average Bonchev–Trinajstić information content (AvgIpc) is 2.25. The molecule has 1 aliphatic rings. The lowest BCUT2D eigenvalue weighted by Gasteiger charge is -2.25. The number of hydrogen-bond donors (Lipinski definition) is 0. The van der Waals surface area contributed by atoms with Gasteiger partial charge in [-0.25, -0.2) is 19.6 Å². The lowest BCUT2D eigenvalue weighted by atomic mass is 9.82. The molecule has 1 aliphatic carbocycles. The molecule has 0 aromatic heterocycles. The summed E-state index contributed by atoms with van der Waals surface area (Å²) in [6.07, 6.45) is 7.43. The van der Waals surface area contributed by atoms with E-state index in [1.807, 2.05) is 0 Å². The smallest absolute Gasteiger partial charge is 0.211 e. The van der Waals surface area contributed by atoms with Crippen LogP contribution in [0, 0.1) is 11.8 Å². The van der Waals surface area contributed by atoms with Crippen molar-refractivity contribution in [3.8, 4) is 0 Å². The first-order chi connectivity index (χ1) is 6.86. The molecule has 0 radical (unpaired) electrons. The van der Waals surface area contributed by atoms with Crippen molar-refractivity contribution >= 4 is 12.2 Å². The summed E-state index contributed by atoms with van der Waals surface area (Å²) in [5, 5.41) is 0. The largest absolute Gasteiger partial charge is 0.234 e. The molecule has 0 aliphatic heterocycles. The van der Waals surface area contributed by atoms with E-state index in [9.17, 15) is 9.59 Å². The molecule has 1 fully saturated rings. The molecule has 76 valence electrons. The fourth-order valence-corrected chi connectivity index (χ4v) is 1.93. The Hall–Kier alpha value is -1.24. The van der Waals surface area contributed by atoms with Gasteiger partial charge in [-0.2, -0.15) is 0 Å². The Morgan fingerprint density at radius 3 is 1.50 bits per heavy atom. The number of isocyanates is 2.